The number of hydrogen-bond acceptors (Lipinski definition) is 4. The molecule has 0 saturated heterocycles. The highest BCUT2D eigenvalue weighted by molar-refractivity contribution is 5.23. The third-order valence-electron chi connectivity index (χ3n) is 4.57. The summed E-state index contributed by atoms with van der Waals surface area (Å²) in [4.78, 5) is 22.3. The summed E-state index contributed by atoms with van der Waals surface area (Å²) in [6.07, 6.45) is 7.33. The maximum Gasteiger partial charge on any atom is 0.255 e. The molecule has 3 aliphatic rings. The van der Waals surface area contributed by atoms with E-state index in [9.17, 15) is 4.79 Å². The van der Waals surface area contributed by atoms with Gasteiger partial charge in [-0.25, -0.2) is 4.98 Å². The zero-order valence-electron chi connectivity index (χ0n) is 12.2. The number of fused-ring (bicyclic) bond motifs is 1. The molecule has 21 heavy (non-hydrogen) atoms. The zero-order chi connectivity index (χ0) is 14.2. The van der Waals surface area contributed by atoms with Gasteiger partial charge in [-0.2, -0.15) is 0 Å². The fraction of sp³-hybridized carbons (Fsp3) is 0.625. The van der Waals surface area contributed by atoms with Crippen molar-refractivity contribution in [2.24, 2.45) is 0 Å². The number of H-pyrrole nitrogens is 1. The largest absolute Gasteiger partial charge is 0.501 e. The summed E-state index contributed by atoms with van der Waals surface area (Å²) in [6.45, 7) is 3.42. The molecule has 0 unspecified atom stereocenters. The number of aromatic nitrogens is 2. The molecule has 1 N–H and O–H groups in total. The number of hydrogen-bond donors (Lipinski definition) is 1. The third-order valence-corrected chi connectivity index (χ3v) is 4.57. The Morgan fingerprint density at radius 1 is 1.38 bits per heavy atom. The summed E-state index contributed by atoms with van der Waals surface area (Å²) in [5.74, 6) is 1.42. The van der Waals surface area contributed by atoms with Gasteiger partial charge in [-0.1, -0.05) is 0 Å². The van der Waals surface area contributed by atoms with Crippen LogP contribution in [-0.4, -0.2) is 34.6 Å². The SMILES string of the molecule is O=c1[nH]c(C2CC2)nc2c1CN(CC1=COCCC1)CC2. The lowest BCUT2D eigenvalue weighted by atomic mass is 10.0. The van der Waals surface area contributed by atoms with Gasteiger partial charge in [-0.05, 0) is 31.3 Å². The lowest BCUT2D eigenvalue weighted by molar-refractivity contribution is 0.208. The summed E-state index contributed by atoms with van der Waals surface area (Å²) in [6, 6.07) is 0. The summed E-state index contributed by atoms with van der Waals surface area (Å²) in [7, 11) is 0. The van der Waals surface area contributed by atoms with E-state index >= 15 is 0 Å². The number of nitrogens with one attached hydrogen (secondary N) is 1. The van der Waals surface area contributed by atoms with E-state index in [2.05, 4.69) is 9.88 Å². The van der Waals surface area contributed by atoms with Crippen LogP contribution in [-0.2, 0) is 17.7 Å². The fourth-order valence-corrected chi connectivity index (χ4v) is 3.21. The highest BCUT2D eigenvalue weighted by Crippen LogP contribution is 2.37. The molecule has 0 atom stereocenters. The van der Waals surface area contributed by atoms with Crippen molar-refractivity contribution in [3.8, 4) is 0 Å². The summed E-state index contributed by atoms with van der Waals surface area (Å²) in [5, 5.41) is 0. The first kappa shape index (κ1) is 13.1. The Hall–Kier alpha value is -1.62. The molecule has 0 radical (unpaired) electrons. The second kappa shape index (κ2) is 5.30. The topological polar surface area (TPSA) is 58.2 Å². The Kier molecular flexibility index (Phi) is 3.30. The van der Waals surface area contributed by atoms with Crippen molar-refractivity contribution >= 4 is 0 Å². The molecule has 0 amide bonds. The molecule has 0 aromatic carbocycles. The molecule has 5 heteroatoms. The molecule has 1 fully saturated rings. The van der Waals surface area contributed by atoms with E-state index in [4.69, 9.17) is 9.72 Å². The van der Waals surface area contributed by atoms with Gasteiger partial charge >= 0.3 is 0 Å². The van der Waals surface area contributed by atoms with Crippen LogP contribution >= 0.6 is 0 Å². The van der Waals surface area contributed by atoms with Crippen molar-refractivity contribution in [1.82, 2.24) is 14.9 Å². The van der Waals surface area contributed by atoms with Crippen LogP contribution in [0.4, 0.5) is 0 Å². The van der Waals surface area contributed by atoms with E-state index in [1.165, 1.54) is 18.4 Å². The minimum atomic E-state index is 0.0699. The van der Waals surface area contributed by atoms with E-state index in [0.717, 1.165) is 56.0 Å². The molecule has 0 bridgehead atoms. The number of ether oxygens (including phenoxy) is 1. The average molecular weight is 287 g/mol. The fourth-order valence-electron chi connectivity index (χ4n) is 3.21. The van der Waals surface area contributed by atoms with Gasteiger partial charge in [0.25, 0.3) is 5.56 Å². The summed E-state index contributed by atoms with van der Waals surface area (Å²) < 4.78 is 5.40. The van der Waals surface area contributed by atoms with Crippen LogP contribution in [0.1, 0.15) is 48.7 Å². The predicted molar refractivity (Wildman–Crippen MR) is 79.1 cm³/mol. The smallest absolute Gasteiger partial charge is 0.255 e. The Morgan fingerprint density at radius 3 is 3.05 bits per heavy atom. The van der Waals surface area contributed by atoms with Gasteiger partial charge in [-0.3, -0.25) is 9.69 Å². The van der Waals surface area contributed by atoms with E-state index in [-0.39, 0.29) is 5.56 Å². The molecule has 4 rings (SSSR count). The van der Waals surface area contributed by atoms with Crippen molar-refractivity contribution < 1.29 is 4.74 Å². The number of aromatic amines is 1. The Morgan fingerprint density at radius 2 is 2.29 bits per heavy atom. The van der Waals surface area contributed by atoms with Gasteiger partial charge in [0.1, 0.15) is 5.82 Å². The van der Waals surface area contributed by atoms with Gasteiger partial charge in [-0.15, -0.1) is 0 Å². The molecule has 1 aromatic rings. The van der Waals surface area contributed by atoms with Crippen molar-refractivity contribution in [2.75, 3.05) is 19.7 Å². The Bertz CT molecular complexity index is 631. The molecule has 3 heterocycles. The van der Waals surface area contributed by atoms with Gasteiger partial charge in [0.05, 0.1) is 24.1 Å². The van der Waals surface area contributed by atoms with Gasteiger partial charge in [0, 0.05) is 32.0 Å². The van der Waals surface area contributed by atoms with Gasteiger partial charge < -0.3 is 9.72 Å². The highest BCUT2D eigenvalue weighted by atomic mass is 16.5. The predicted octanol–water partition coefficient (Wildman–Crippen LogP) is 1.70. The monoisotopic (exact) mass is 287 g/mol. The molecule has 0 spiro atoms. The number of rotatable bonds is 3. The Balaban J connectivity index is 1.51. The number of nitrogens with zero attached hydrogens (tertiary/aromatic N) is 2. The van der Waals surface area contributed by atoms with Gasteiger partial charge in [0.15, 0.2) is 0 Å². The summed E-state index contributed by atoms with van der Waals surface area (Å²) in [5.41, 5.74) is 3.29. The third kappa shape index (κ3) is 2.75. The average Bonchev–Trinajstić information content (AvgIpc) is 3.33. The lowest BCUT2D eigenvalue weighted by Gasteiger charge is -2.29. The van der Waals surface area contributed by atoms with Crippen molar-refractivity contribution in [1.29, 1.82) is 0 Å². The molecule has 112 valence electrons. The van der Waals surface area contributed by atoms with E-state index < -0.39 is 0 Å². The van der Waals surface area contributed by atoms with E-state index in [1.54, 1.807) is 0 Å². The molecular weight excluding hydrogens is 266 g/mol. The quantitative estimate of drug-likeness (QED) is 0.919. The van der Waals surface area contributed by atoms with E-state index in [0.29, 0.717) is 12.5 Å². The first-order chi connectivity index (χ1) is 10.3. The molecule has 1 aliphatic carbocycles. The molecule has 1 aromatic heterocycles. The van der Waals surface area contributed by atoms with Crippen LogP contribution in [0.5, 0.6) is 0 Å². The van der Waals surface area contributed by atoms with Crippen molar-refractivity contribution in [3.63, 3.8) is 0 Å². The van der Waals surface area contributed by atoms with Crippen molar-refractivity contribution in [3.05, 3.63) is 39.3 Å². The van der Waals surface area contributed by atoms with Crippen LogP contribution in [0.15, 0.2) is 16.6 Å². The maximum atomic E-state index is 12.3. The maximum absolute atomic E-state index is 12.3. The summed E-state index contributed by atoms with van der Waals surface area (Å²) >= 11 is 0. The zero-order valence-corrected chi connectivity index (χ0v) is 12.2. The van der Waals surface area contributed by atoms with Crippen LogP contribution in [0, 0.1) is 0 Å². The lowest BCUT2D eigenvalue weighted by Crippen LogP contribution is -2.37. The standard InChI is InChI=1S/C16H21N3O2/c20-16-13-9-19(8-11-2-1-7-21-10-11)6-5-14(13)17-15(18-16)12-3-4-12/h10,12H,1-9H2,(H,17,18,20). The normalized spacial score (nSPS) is 22.4. The van der Waals surface area contributed by atoms with Crippen molar-refractivity contribution in [2.45, 2.75) is 44.6 Å². The minimum Gasteiger partial charge on any atom is -0.501 e. The highest BCUT2D eigenvalue weighted by Gasteiger charge is 2.29. The Labute approximate surface area is 124 Å². The van der Waals surface area contributed by atoms with Crippen LogP contribution in [0.25, 0.3) is 0 Å². The molecule has 5 nitrogen and oxygen atoms in total. The molecule has 2 aliphatic heterocycles. The molecule has 1 saturated carbocycles. The van der Waals surface area contributed by atoms with Gasteiger partial charge in [0.2, 0.25) is 0 Å². The van der Waals surface area contributed by atoms with Crippen LogP contribution in [0.3, 0.4) is 0 Å². The first-order valence-electron chi connectivity index (χ1n) is 7.93. The molecular formula is C16H21N3O2. The minimum absolute atomic E-state index is 0.0699. The second-order valence-electron chi connectivity index (χ2n) is 6.36. The van der Waals surface area contributed by atoms with Crippen LogP contribution < -0.4 is 5.56 Å². The van der Waals surface area contributed by atoms with Crippen LogP contribution in [0.2, 0.25) is 0 Å². The van der Waals surface area contributed by atoms with E-state index in [1.807, 2.05) is 6.26 Å². The second-order valence-corrected chi connectivity index (χ2v) is 6.36. The first-order valence-corrected chi connectivity index (χ1v) is 7.93.